The van der Waals surface area contributed by atoms with Crippen LogP contribution in [0.2, 0.25) is 0 Å². The predicted molar refractivity (Wildman–Crippen MR) is 87.0 cm³/mol. The molecular weight excluding hydrogens is 276 g/mol. The number of rotatable bonds is 5. The zero-order valence-electron chi connectivity index (χ0n) is 13.2. The van der Waals surface area contributed by atoms with Crippen molar-refractivity contribution in [3.05, 3.63) is 29.8 Å². The van der Waals surface area contributed by atoms with Crippen molar-refractivity contribution in [3.63, 3.8) is 0 Å². The van der Waals surface area contributed by atoms with E-state index in [1.807, 2.05) is 0 Å². The molecule has 0 atom stereocenters. The van der Waals surface area contributed by atoms with Crippen molar-refractivity contribution in [1.29, 1.82) is 0 Å². The molecule has 1 heterocycles. The van der Waals surface area contributed by atoms with Gasteiger partial charge in [0, 0.05) is 23.7 Å². The number of Topliss-reactive ketones (excluding diaryl/α,β-unsaturated/α-hetero) is 1. The number of hydrogen-bond donors (Lipinski definition) is 1. The van der Waals surface area contributed by atoms with E-state index in [0.717, 1.165) is 37.7 Å². The Balaban J connectivity index is 1.45. The molecule has 1 saturated heterocycles. The van der Waals surface area contributed by atoms with Crippen molar-refractivity contribution in [2.24, 2.45) is 5.92 Å². The highest BCUT2D eigenvalue weighted by Crippen LogP contribution is 2.31. The molecule has 2 aliphatic rings. The van der Waals surface area contributed by atoms with E-state index in [1.165, 1.54) is 12.8 Å². The largest absolute Gasteiger partial charge is 0.326 e. The highest BCUT2D eigenvalue weighted by Gasteiger charge is 2.32. The van der Waals surface area contributed by atoms with E-state index in [9.17, 15) is 9.59 Å². The lowest BCUT2D eigenvalue weighted by Crippen LogP contribution is -2.36. The number of carbonyl (C=O) groups excluding carboxylic acids is 2. The maximum Gasteiger partial charge on any atom is 0.224 e. The Bertz CT molecular complexity index is 541. The molecule has 4 nitrogen and oxygen atoms in total. The van der Waals surface area contributed by atoms with E-state index in [2.05, 4.69) is 10.2 Å². The minimum absolute atomic E-state index is 0.0419. The molecule has 118 valence electrons. The first kappa shape index (κ1) is 15.2. The summed E-state index contributed by atoms with van der Waals surface area (Å²) in [6.45, 7) is 3.84. The predicted octanol–water partition coefficient (Wildman–Crippen LogP) is 3.09. The fourth-order valence-corrected chi connectivity index (χ4v) is 3.22. The maximum absolute atomic E-state index is 12.1. The number of hydrogen-bond acceptors (Lipinski definition) is 3. The van der Waals surface area contributed by atoms with Gasteiger partial charge in [-0.05, 0) is 75.9 Å². The highest BCUT2D eigenvalue weighted by atomic mass is 16.1. The summed E-state index contributed by atoms with van der Waals surface area (Å²) in [5, 5.41) is 2.94. The van der Waals surface area contributed by atoms with Crippen LogP contribution < -0.4 is 5.32 Å². The van der Waals surface area contributed by atoms with Gasteiger partial charge in [0.25, 0.3) is 0 Å². The summed E-state index contributed by atoms with van der Waals surface area (Å²) < 4.78 is 0. The quantitative estimate of drug-likeness (QED) is 0.850. The molecule has 1 aliphatic heterocycles. The Morgan fingerprint density at radius 3 is 2.27 bits per heavy atom. The van der Waals surface area contributed by atoms with E-state index in [-0.39, 0.29) is 11.7 Å². The number of nitrogens with one attached hydrogen (secondary N) is 1. The minimum Gasteiger partial charge on any atom is -0.326 e. The number of ketones is 1. The van der Waals surface area contributed by atoms with Gasteiger partial charge in [0.05, 0.1) is 0 Å². The van der Waals surface area contributed by atoms with Crippen LogP contribution in [0.15, 0.2) is 24.3 Å². The Kier molecular flexibility index (Phi) is 4.57. The van der Waals surface area contributed by atoms with Gasteiger partial charge in [-0.25, -0.2) is 0 Å². The summed E-state index contributed by atoms with van der Waals surface area (Å²) in [6, 6.07) is 7.95. The molecule has 0 bridgehead atoms. The number of piperidine rings is 1. The van der Waals surface area contributed by atoms with Crippen LogP contribution in [0.25, 0.3) is 0 Å². The normalized spacial score (nSPS) is 19.9. The van der Waals surface area contributed by atoms with Crippen molar-refractivity contribution in [2.75, 3.05) is 18.4 Å². The number of amides is 1. The molecule has 1 N–H and O–H groups in total. The number of anilines is 1. The molecule has 0 spiro atoms. The average molecular weight is 300 g/mol. The zero-order chi connectivity index (χ0) is 15.5. The Morgan fingerprint density at radius 1 is 1.09 bits per heavy atom. The molecule has 3 rings (SSSR count). The third-order valence-electron chi connectivity index (χ3n) is 4.76. The third kappa shape index (κ3) is 3.95. The van der Waals surface area contributed by atoms with Crippen LogP contribution in [0.3, 0.4) is 0 Å². The smallest absolute Gasteiger partial charge is 0.224 e. The first-order valence-electron chi connectivity index (χ1n) is 8.27. The highest BCUT2D eigenvalue weighted by molar-refractivity contribution is 5.95. The first-order valence-corrected chi connectivity index (χ1v) is 8.27. The van der Waals surface area contributed by atoms with E-state index in [1.54, 1.807) is 31.2 Å². The van der Waals surface area contributed by atoms with Crippen molar-refractivity contribution in [1.82, 2.24) is 4.90 Å². The van der Waals surface area contributed by atoms with Gasteiger partial charge in [0.2, 0.25) is 5.91 Å². The second kappa shape index (κ2) is 6.61. The first-order chi connectivity index (χ1) is 10.6. The fraction of sp³-hybridized carbons (Fsp3) is 0.556. The monoisotopic (exact) mass is 300 g/mol. The summed E-state index contributed by atoms with van der Waals surface area (Å²) in [6.07, 6.45) is 5.59. The molecule has 1 aliphatic carbocycles. The Labute approximate surface area is 131 Å². The van der Waals surface area contributed by atoms with Crippen LogP contribution in [-0.4, -0.2) is 35.7 Å². The molecule has 1 aromatic carbocycles. The van der Waals surface area contributed by atoms with E-state index in [4.69, 9.17) is 0 Å². The van der Waals surface area contributed by atoms with Crippen molar-refractivity contribution < 1.29 is 9.59 Å². The number of carbonyl (C=O) groups is 2. The number of nitrogens with zero attached hydrogens (tertiary/aromatic N) is 1. The Morgan fingerprint density at radius 2 is 1.73 bits per heavy atom. The van der Waals surface area contributed by atoms with Gasteiger partial charge in [0.1, 0.15) is 0 Å². The number of benzene rings is 1. The second-order valence-electron chi connectivity index (χ2n) is 6.60. The molecule has 0 radical (unpaired) electrons. The maximum atomic E-state index is 12.1. The minimum atomic E-state index is 0.0419. The van der Waals surface area contributed by atoms with Gasteiger partial charge in [-0.1, -0.05) is 0 Å². The fourth-order valence-electron chi connectivity index (χ4n) is 3.22. The molecule has 22 heavy (non-hydrogen) atoms. The van der Waals surface area contributed by atoms with Crippen LogP contribution in [0, 0.1) is 5.92 Å². The van der Waals surface area contributed by atoms with Crippen LogP contribution in [-0.2, 0) is 4.79 Å². The summed E-state index contributed by atoms with van der Waals surface area (Å²) in [7, 11) is 0. The van der Waals surface area contributed by atoms with E-state index in [0.29, 0.717) is 17.9 Å². The summed E-state index contributed by atoms with van der Waals surface area (Å²) in [5.74, 6) is 0.632. The Hall–Kier alpha value is -1.68. The lowest BCUT2D eigenvalue weighted by molar-refractivity contribution is -0.117. The lowest BCUT2D eigenvalue weighted by atomic mass is 9.93. The van der Waals surface area contributed by atoms with Gasteiger partial charge in [-0.15, -0.1) is 0 Å². The molecule has 0 aromatic heterocycles. The van der Waals surface area contributed by atoms with Crippen LogP contribution in [0.1, 0.15) is 49.4 Å². The van der Waals surface area contributed by atoms with Crippen molar-refractivity contribution >= 4 is 17.4 Å². The van der Waals surface area contributed by atoms with Crippen LogP contribution >= 0.6 is 0 Å². The van der Waals surface area contributed by atoms with Gasteiger partial charge >= 0.3 is 0 Å². The van der Waals surface area contributed by atoms with Gasteiger partial charge in [-0.2, -0.15) is 0 Å². The molecule has 1 saturated carbocycles. The van der Waals surface area contributed by atoms with E-state index >= 15 is 0 Å². The zero-order valence-corrected chi connectivity index (χ0v) is 13.2. The summed E-state index contributed by atoms with van der Waals surface area (Å²) >= 11 is 0. The molecule has 4 heteroatoms. The summed E-state index contributed by atoms with van der Waals surface area (Å²) in [4.78, 5) is 25.9. The second-order valence-corrected chi connectivity index (χ2v) is 6.60. The third-order valence-corrected chi connectivity index (χ3v) is 4.76. The van der Waals surface area contributed by atoms with Crippen molar-refractivity contribution in [2.45, 2.75) is 45.1 Å². The molecule has 1 amide bonds. The van der Waals surface area contributed by atoms with Gasteiger partial charge in [-0.3, -0.25) is 9.59 Å². The SMILES string of the molecule is CC(=O)c1ccc(NC(=O)CC2CCN(C3CC3)CC2)cc1. The molecule has 2 fully saturated rings. The van der Waals surface area contributed by atoms with Crippen molar-refractivity contribution in [3.8, 4) is 0 Å². The number of likely N-dealkylation sites (tertiary alicyclic amines) is 1. The van der Waals surface area contributed by atoms with Gasteiger partial charge in [0.15, 0.2) is 5.78 Å². The standard InChI is InChI=1S/C18H24N2O2/c1-13(21)15-2-4-16(5-3-15)19-18(22)12-14-8-10-20(11-9-14)17-6-7-17/h2-5,14,17H,6-12H2,1H3,(H,19,22). The average Bonchev–Trinajstić information content (AvgIpc) is 3.33. The van der Waals surface area contributed by atoms with E-state index < -0.39 is 0 Å². The molecular formula is C18H24N2O2. The lowest BCUT2D eigenvalue weighted by Gasteiger charge is -2.31. The molecule has 1 aromatic rings. The van der Waals surface area contributed by atoms with Gasteiger partial charge < -0.3 is 10.2 Å². The van der Waals surface area contributed by atoms with Crippen LogP contribution in [0.4, 0.5) is 5.69 Å². The topological polar surface area (TPSA) is 49.4 Å². The summed E-state index contributed by atoms with van der Waals surface area (Å²) in [5.41, 5.74) is 1.44. The molecule has 0 unspecified atom stereocenters. The van der Waals surface area contributed by atoms with Crippen LogP contribution in [0.5, 0.6) is 0 Å².